The third-order valence-electron chi connectivity index (χ3n) is 2.88. The SMILES string of the molecule is COc1ccc(-c2ccc3nc(N)ncc3c2)cn1. The largest absolute Gasteiger partial charge is 0.481 e. The maximum Gasteiger partial charge on any atom is 0.220 e. The second-order valence-electron chi connectivity index (χ2n) is 4.09. The fourth-order valence-electron chi connectivity index (χ4n) is 1.90. The molecule has 0 bridgehead atoms. The fraction of sp³-hybridized carbons (Fsp3) is 0.0714. The molecule has 0 fully saturated rings. The Balaban J connectivity index is 2.06. The van der Waals surface area contributed by atoms with Gasteiger partial charge in [0.2, 0.25) is 11.8 Å². The van der Waals surface area contributed by atoms with Crippen molar-refractivity contribution in [1.82, 2.24) is 15.0 Å². The van der Waals surface area contributed by atoms with Crippen LogP contribution in [0.15, 0.2) is 42.7 Å². The predicted octanol–water partition coefficient (Wildman–Crippen LogP) is 2.28. The van der Waals surface area contributed by atoms with Crippen LogP contribution in [0.4, 0.5) is 5.95 Å². The van der Waals surface area contributed by atoms with Crippen LogP contribution in [0.25, 0.3) is 22.0 Å². The van der Waals surface area contributed by atoms with Gasteiger partial charge in [-0.2, -0.15) is 0 Å². The van der Waals surface area contributed by atoms with Crippen molar-refractivity contribution in [2.45, 2.75) is 0 Å². The van der Waals surface area contributed by atoms with Gasteiger partial charge in [-0.15, -0.1) is 0 Å². The molecule has 3 aromatic rings. The summed E-state index contributed by atoms with van der Waals surface area (Å²) in [7, 11) is 1.60. The first-order valence-corrected chi connectivity index (χ1v) is 5.79. The van der Waals surface area contributed by atoms with Crippen molar-refractivity contribution >= 4 is 16.9 Å². The van der Waals surface area contributed by atoms with Gasteiger partial charge in [0.25, 0.3) is 0 Å². The van der Waals surface area contributed by atoms with Crippen molar-refractivity contribution in [3.05, 3.63) is 42.7 Å². The van der Waals surface area contributed by atoms with Crippen molar-refractivity contribution < 1.29 is 4.74 Å². The predicted molar refractivity (Wildman–Crippen MR) is 73.7 cm³/mol. The molecule has 3 rings (SSSR count). The smallest absolute Gasteiger partial charge is 0.220 e. The highest BCUT2D eigenvalue weighted by molar-refractivity contribution is 5.84. The van der Waals surface area contributed by atoms with Gasteiger partial charge in [-0.25, -0.2) is 15.0 Å². The number of hydrogen-bond donors (Lipinski definition) is 1. The van der Waals surface area contributed by atoms with Gasteiger partial charge < -0.3 is 10.5 Å². The monoisotopic (exact) mass is 252 g/mol. The summed E-state index contributed by atoms with van der Waals surface area (Å²) in [5.41, 5.74) is 8.46. The number of benzene rings is 1. The van der Waals surface area contributed by atoms with Crippen LogP contribution in [0.1, 0.15) is 0 Å². The normalized spacial score (nSPS) is 10.6. The Morgan fingerprint density at radius 2 is 1.84 bits per heavy atom. The molecule has 2 N–H and O–H groups in total. The van der Waals surface area contributed by atoms with E-state index >= 15 is 0 Å². The summed E-state index contributed by atoms with van der Waals surface area (Å²) in [6.45, 7) is 0. The summed E-state index contributed by atoms with van der Waals surface area (Å²) in [5.74, 6) is 0.881. The maximum absolute atomic E-state index is 5.56. The Labute approximate surface area is 110 Å². The molecule has 19 heavy (non-hydrogen) atoms. The van der Waals surface area contributed by atoms with Gasteiger partial charge in [-0.05, 0) is 23.8 Å². The number of nitrogen functional groups attached to an aromatic ring is 1. The van der Waals surface area contributed by atoms with Gasteiger partial charge in [0, 0.05) is 29.4 Å². The van der Waals surface area contributed by atoms with Crippen LogP contribution < -0.4 is 10.5 Å². The molecule has 0 atom stereocenters. The van der Waals surface area contributed by atoms with Crippen molar-refractivity contribution in [3.63, 3.8) is 0 Å². The third-order valence-corrected chi connectivity index (χ3v) is 2.88. The molecule has 0 aliphatic carbocycles. The molecule has 2 aromatic heterocycles. The molecule has 5 nitrogen and oxygen atoms in total. The number of nitrogens with two attached hydrogens (primary N) is 1. The topological polar surface area (TPSA) is 73.9 Å². The lowest BCUT2D eigenvalue weighted by Gasteiger charge is -2.04. The first-order chi connectivity index (χ1) is 9.26. The minimum absolute atomic E-state index is 0.284. The first kappa shape index (κ1) is 11.4. The quantitative estimate of drug-likeness (QED) is 0.757. The van der Waals surface area contributed by atoms with Crippen molar-refractivity contribution in [2.24, 2.45) is 0 Å². The van der Waals surface area contributed by atoms with Crippen LogP contribution in [-0.4, -0.2) is 22.1 Å². The summed E-state index contributed by atoms with van der Waals surface area (Å²) in [6, 6.07) is 9.72. The first-order valence-electron chi connectivity index (χ1n) is 5.79. The van der Waals surface area contributed by atoms with Crippen LogP contribution in [0.2, 0.25) is 0 Å². The Kier molecular flexibility index (Phi) is 2.72. The van der Waals surface area contributed by atoms with Crippen molar-refractivity contribution in [2.75, 3.05) is 12.8 Å². The highest BCUT2D eigenvalue weighted by atomic mass is 16.5. The molecule has 0 saturated heterocycles. The molecule has 5 heteroatoms. The average molecular weight is 252 g/mol. The fourth-order valence-corrected chi connectivity index (χ4v) is 1.90. The summed E-state index contributed by atoms with van der Waals surface area (Å²) < 4.78 is 5.04. The summed E-state index contributed by atoms with van der Waals surface area (Å²) in [5, 5.41) is 0.947. The van der Waals surface area contributed by atoms with E-state index < -0.39 is 0 Å². The zero-order valence-electron chi connectivity index (χ0n) is 10.4. The van der Waals surface area contributed by atoms with E-state index in [-0.39, 0.29) is 5.95 Å². The van der Waals surface area contributed by atoms with E-state index in [9.17, 15) is 0 Å². The zero-order valence-corrected chi connectivity index (χ0v) is 10.4. The second-order valence-corrected chi connectivity index (χ2v) is 4.09. The van der Waals surface area contributed by atoms with Gasteiger partial charge in [0.05, 0.1) is 12.6 Å². The van der Waals surface area contributed by atoms with Crippen LogP contribution in [0.3, 0.4) is 0 Å². The molecule has 1 aromatic carbocycles. The third kappa shape index (κ3) is 2.18. The molecule has 0 radical (unpaired) electrons. The number of methoxy groups -OCH3 is 1. The number of pyridine rings is 1. The molecule has 94 valence electrons. The summed E-state index contributed by atoms with van der Waals surface area (Å²) >= 11 is 0. The molecule has 0 saturated carbocycles. The number of rotatable bonds is 2. The molecule has 0 unspecified atom stereocenters. The summed E-state index contributed by atoms with van der Waals surface area (Å²) in [4.78, 5) is 12.4. The summed E-state index contributed by atoms with van der Waals surface area (Å²) in [6.07, 6.45) is 3.50. The lowest BCUT2D eigenvalue weighted by Crippen LogP contribution is -1.94. The van der Waals surface area contributed by atoms with Crippen LogP contribution in [0.5, 0.6) is 5.88 Å². The number of fused-ring (bicyclic) bond motifs is 1. The van der Waals surface area contributed by atoms with Gasteiger partial charge in [0.1, 0.15) is 0 Å². The Hall–Kier alpha value is -2.69. The number of anilines is 1. The molecule has 0 spiro atoms. The van der Waals surface area contributed by atoms with E-state index in [1.807, 2.05) is 30.3 Å². The molecular weight excluding hydrogens is 240 g/mol. The maximum atomic E-state index is 5.56. The Morgan fingerprint density at radius 1 is 1.00 bits per heavy atom. The minimum atomic E-state index is 0.284. The van der Waals surface area contributed by atoms with Crippen molar-refractivity contribution in [3.8, 4) is 17.0 Å². The van der Waals surface area contributed by atoms with Crippen LogP contribution >= 0.6 is 0 Å². The number of hydrogen-bond acceptors (Lipinski definition) is 5. The van der Waals surface area contributed by atoms with Gasteiger partial charge >= 0.3 is 0 Å². The number of aromatic nitrogens is 3. The zero-order chi connectivity index (χ0) is 13.2. The van der Waals surface area contributed by atoms with Gasteiger partial charge in [0.15, 0.2) is 0 Å². The van der Waals surface area contributed by atoms with E-state index in [1.165, 1.54) is 0 Å². The van der Waals surface area contributed by atoms with Gasteiger partial charge in [-0.3, -0.25) is 0 Å². The Bertz CT molecular complexity index is 725. The second kappa shape index (κ2) is 4.53. The van der Waals surface area contributed by atoms with E-state index in [2.05, 4.69) is 15.0 Å². The molecule has 2 heterocycles. The van der Waals surface area contributed by atoms with E-state index in [4.69, 9.17) is 10.5 Å². The Morgan fingerprint density at radius 3 is 2.58 bits per heavy atom. The molecular formula is C14H12N4O. The lowest BCUT2D eigenvalue weighted by atomic mass is 10.1. The van der Waals surface area contributed by atoms with Crippen molar-refractivity contribution in [1.29, 1.82) is 0 Å². The molecule has 0 amide bonds. The van der Waals surface area contributed by atoms with E-state index in [0.717, 1.165) is 22.0 Å². The highest BCUT2D eigenvalue weighted by Crippen LogP contribution is 2.24. The standard InChI is InChI=1S/C14H12N4O/c1-19-13-5-3-10(7-16-13)9-2-4-12-11(6-9)8-17-14(15)18-12/h2-8H,1H3,(H2,15,17,18). The van der Waals surface area contributed by atoms with E-state index in [0.29, 0.717) is 5.88 Å². The van der Waals surface area contributed by atoms with Crippen LogP contribution in [-0.2, 0) is 0 Å². The van der Waals surface area contributed by atoms with Crippen LogP contribution in [0, 0.1) is 0 Å². The number of nitrogens with zero attached hydrogens (tertiary/aromatic N) is 3. The van der Waals surface area contributed by atoms with Gasteiger partial charge in [-0.1, -0.05) is 6.07 Å². The average Bonchev–Trinajstić information content (AvgIpc) is 2.47. The number of ether oxygens (including phenoxy) is 1. The lowest BCUT2D eigenvalue weighted by molar-refractivity contribution is 0.398. The van der Waals surface area contributed by atoms with E-state index in [1.54, 1.807) is 19.5 Å². The molecule has 0 aliphatic rings. The minimum Gasteiger partial charge on any atom is -0.481 e. The highest BCUT2D eigenvalue weighted by Gasteiger charge is 2.02. The molecule has 0 aliphatic heterocycles.